The van der Waals surface area contributed by atoms with Crippen molar-refractivity contribution in [2.24, 2.45) is 0 Å². The molecular formula is C30H40N8O4. The third-order valence-corrected chi connectivity index (χ3v) is 7.75. The molecule has 5 rings (SSSR count). The molecule has 1 unspecified atom stereocenters. The number of hydrogen-bond acceptors (Lipinski definition) is 9. The first-order valence-corrected chi connectivity index (χ1v) is 14.6. The minimum Gasteiger partial charge on any atom is -0.381 e. The lowest BCUT2D eigenvalue weighted by atomic mass is 10.0. The van der Waals surface area contributed by atoms with Gasteiger partial charge < -0.3 is 30.3 Å². The second-order valence-corrected chi connectivity index (χ2v) is 10.9. The summed E-state index contributed by atoms with van der Waals surface area (Å²) in [4.78, 5) is 36.6. The van der Waals surface area contributed by atoms with Crippen LogP contribution in [0.5, 0.6) is 0 Å². The number of amides is 2. The molecule has 0 spiro atoms. The first-order valence-electron chi connectivity index (χ1n) is 14.6. The molecule has 12 nitrogen and oxygen atoms in total. The van der Waals surface area contributed by atoms with Crippen molar-refractivity contribution in [2.75, 3.05) is 48.9 Å². The van der Waals surface area contributed by atoms with E-state index in [9.17, 15) is 9.59 Å². The van der Waals surface area contributed by atoms with Crippen LogP contribution in [-0.2, 0) is 32.0 Å². The molecule has 1 aromatic carbocycles. The number of fused-ring (bicyclic) bond motifs is 1. The molecule has 2 fully saturated rings. The average Bonchev–Trinajstić information content (AvgIpc) is 3.44. The van der Waals surface area contributed by atoms with Crippen LogP contribution in [-0.4, -0.2) is 81.4 Å². The fourth-order valence-corrected chi connectivity index (χ4v) is 5.32. The summed E-state index contributed by atoms with van der Waals surface area (Å²) in [5.74, 6) is 0.804. The van der Waals surface area contributed by atoms with E-state index in [1.807, 2.05) is 24.4 Å². The molecule has 3 aromatic rings. The minimum absolute atomic E-state index is 0.142. The predicted octanol–water partition coefficient (Wildman–Crippen LogP) is 3.37. The van der Waals surface area contributed by atoms with E-state index in [1.165, 1.54) is 11.0 Å². The predicted molar refractivity (Wildman–Crippen MR) is 161 cm³/mol. The van der Waals surface area contributed by atoms with Crippen molar-refractivity contribution in [3.05, 3.63) is 53.7 Å². The number of nitrogens with zero attached hydrogens (tertiary/aromatic N) is 5. The molecule has 0 aliphatic carbocycles. The van der Waals surface area contributed by atoms with E-state index in [2.05, 4.69) is 48.4 Å². The third kappa shape index (κ3) is 6.55. The van der Waals surface area contributed by atoms with Gasteiger partial charge in [0.2, 0.25) is 23.7 Å². The lowest BCUT2D eigenvalue weighted by molar-refractivity contribution is -0.142. The SMILES string of the molecule is C=CC(=O)N1CCOCC1C(=O)Nc1ccc(CC)c(CNc2nc(NC3CCOCC3)nc3c(C(C)C)cnn23)c1. The van der Waals surface area contributed by atoms with E-state index in [4.69, 9.17) is 19.4 Å². The number of anilines is 3. The summed E-state index contributed by atoms with van der Waals surface area (Å²) in [6, 6.07) is 5.37. The second-order valence-electron chi connectivity index (χ2n) is 10.9. The zero-order valence-corrected chi connectivity index (χ0v) is 24.6. The van der Waals surface area contributed by atoms with E-state index in [1.54, 1.807) is 4.52 Å². The van der Waals surface area contributed by atoms with Gasteiger partial charge in [0.1, 0.15) is 6.04 Å². The normalized spacial score (nSPS) is 17.8. The van der Waals surface area contributed by atoms with Gasteiger partial charge in [-0.25, -0.2) is 0 Å². The van der Waals surface area contributed by atoms with Crippen LogP contribution in [0.3, 0.4) is 0 Å². The topological polar surface area (TPSA) is 135 Å². The smallest absolute Gasteiger partial charge is 0.249 e. The van der Waals surface area contributed by atoms with Gasteiger partial charge in [-0.3, -0.25) is 9.59 Å². The molecule has 0 bridgehead atoms. The Kier molecular flexibility index (Phi) is 9.33. The van der Waals surface area contributed by atoms with E-state index in [0.29, 0.717) is 37.3 Å². The van der Waals surface area contributed by atoms with E-state index in [-0.39, 0.29) is 30.4 Å². The number of carbonyl (C=O) groups is 2. The first kappa shape index (κ1) is 29.5. The molecule has 2 aliphatic heterocycles. The number of morpholine rings is 1. The summed E-state index contributed by atoms with van der Waals surface area (Å²) in [7, 11) is 0. The second kappa shape index (κ2) is 13.3. The molecular weight excluding hydrogens is 536 g/mol. The summed E-state index contributed by atoms with van der Waals surface area (Å²) in [6.45, 7) is 12.7. The Labute approximate surface area is 245 Å². The van der Waals surface area contributed by atoms with Gasteiger partial charge in [-0.15, -0.1) is 0 Å². The molecule has 0 saturated carbocycles. The molecule has 2 saturated heterocycles. The zero-order valence-electron chi connectivity index (χ0n) is 24.6. The highest BCUT2D eigenvalue weighted by Gasteiger charge is 2.32. The Bertz CT molecular complexity index is 1430. The quantitative estimate of drug-likeness (QED) is 0.311. The fourth-order valence-electron chi connectivity index (χ4n) is 5.32. The Balaban J connectivity index is 1.37. The van der Waals surface area contributed by atoms with Crippen molar-refractivity contribution in [1.82, 2.24) is 24.5 Å². The van der Waals surface area contributed by atoms with E-state index >= 15 is 0 Å². The lowest BCUT2D eigenvalue weighted by Gasteiger charge is -2.33. The Morgan fingerprint density at radius 1 is 1.14 bits per heavy atom. The zero-order chi connectivity index (χ0) is 29.6. The highest BCUT2D eigenvalue weighted by atomic mass is 16.5. The van der Waals surface area contributed by atoms with Gasteiger partial charge in [0, 0.05) is 43.6 Å². The Hall–Kier alpha value is -4.03. The number of nitrogens with one attached hydrogen (secondary N) is 3. The number of aromatic nitrogens is 4. The highest BCUT2D eigenvalue weighted by Crippen LogP contribution is 2.24. The summed E-state index contributed by atoms with van der Waals surface area (Å²) >= 11 is 0. The van der Waals surface area contributed by atoms with Crippen molar-refractivity contribution in [3.8, 4) is 0 Å². The number of ether oxygens (including phenoxy) is 2. The maximum atomic E-state index is 13.2. The van der Waals surface area contributed by atoms with Crippen LogP contribution in [0, 0.1) is 0 Å². The molecule has 3 N–H and O–H groups in total. The van der Waals surface area contributed by atoms with Crippen molar-refractivity contribution >= 4 is 35.0 Å². The third-order valence-electron chi connectivity index (χ3n) is 7.75. The maximum absolute atomic E-state index is 13.2. The van der Waals surface area contributed by atoms with Crippen LogP contribution in [0.15, 0.2) is 37.1 Å². The van der Waals surface area contributed by atoms with Gasteiger partial charge >= 0.3 is 0 Å². The fraction of sp³-hybridized carbons (Fsp3) is 0.500. The highest BCUT2D eigenvalue weighted by molar-refractivity contribution is 5.99. The lowest BCUT2D eigenvalue weighted by Crippen LogP contribution is -2.53. The molecule has 4 heterocycles. The van der Waals surface area contributed by atoms with Crippen molar-refractivity contribution < 1.29 is 19.1 Å². The standard InChI is InChI=1S/C30H40N8O4/c1-5-20-7-8-23(33-28(40)25-18-42-14-11-37(25)26(39)6-2)15-21(20)16-31-30-36-29(34-22-9-12-41-13-10-22)35-27-24(19(3)4)17-32-38(27)30/h6-8,15,17,19,22,25H,2,5,9-14,16,18H2,1,3-4H3,(H,33,40)(H2,31,34,35,36). The number of hydrogen-bond donors (Lipinski definition) is 3. The summed E-state index contributed by atoms with van der Waals surface area (Å²) in [5, 5.41) is 14.5. The molecule has 2 aliphatic rings. The summed E-state index contributed by atoms with van der Waals surface area (Å²) in [6.07, 6.45) is 5.69. The van der Waals surface area contributed by atoms with Crippen molar-refractivity contribution in [3.63, 3.8) is 0 Å². The average molecular weight is 577 g/mol. The Morgan fingerprint density at radius 2 is 1.95 bits per heavy atom. The molecule has 12 heteroatoms. The van der Waals surface area contributed by atoms with E-state index in [0.717, 1.165) is 54.8 Å². The van der Waals surface area contributed by atoms with Crippen LogP contribution in [0.25, 0.3) is 5.65 Å². The van der Waals surface area contributed by atoms with Crippen molar-refractivity contribution in [1.29, 1.82) is 0 Å². The largest absolute Gasteiger partial charge is 0.381 e. The molecule has 2 aromatic heterocycles. The maximum Gasteiger partial charge on any atom is 0.249 e. The van der Waals surface area contributed by atoms with Gasteiger partial charge in [-0.1, -0.05) is 33.4 Å². The van der Waals surface area contributed by atoms with Crippen molar-refractivity contribution in [2.45, 2.75) is 64.6 Å². The van der Waals surface area contributed by atoms with E-state index < -0.39 is 6.04 Å². The van der Waals surface area contributed by atoms with Gasteiger partial charge in [0.05, 0.1) is 19.4 Å². The molecule has 224 valence electrons. The molecule has 1 atom stereocenters. The minimum atomic E-state index is -0.720. The first-order chi connectivity index (χ1) is 20.4. The van der Waals surface area contributed by atoms with Gasteiger partial charge in [0.25, 0.3) is 0 Å². The van der Waals surface area contributed by atoms with Crippen LogP contribution < -0.4 is 16.0 Å². The molecule has 42 heavy (non-hydrogen) atoms. The molecule has 2 amide bonds. The molecule has 0 radical (unpaired) electrons. The van der Waals surface area contributed by atoms with Gasteiger partial charge in [-0.05, 0) is 54.5 Å². The van der Waals surface area contributed by atoms with Crippen LogP contribution in [0.2, 0.25) is 0 Å². The number of carbonyl (C=O) groups excluding carboxylic acids is 2. The summed E-state index contributed by atoms with van der Waals surface area (Å²) in [5.41, 5.74) is 4.60. The van der Waals surface area contributed by atoms with Crippen LogP contribution in [0.1, 0.15) is 56.2 Å². The van der Waals surface area contributed by atoms with Gasteiger partial charge in [-0.2, -0.15) is 19.6 Å². The number of aryl methyl sites for hydroxylation is 1. The van der Waals surface area contributed by atoms with Crippen LogP contribution >= 0.6 is 0 Å². The number of benzene rings is 1. The monoisotopic (exact) mass is 576 g/mol. The summed E-state index contributed by atoms with van der Waals surface area (Å²) < 4.78 is 12.7. The Morgan fingerprint density at radius 3 is 2.69 bits per heavy atom. The van der Waals surface area contributed by atoms with Crippen LogP contribution in [0.4, 0.5) is 17.6 Å². The number of rotatable bonds is 10. The van der Waals surface area contributed by atoms with Gasteiger partial charge in [0.15, 0.2) is 5.65 Å².